The minimum atomic E-state index is 0.873. The summed E-state index contributed by atoms with van der Waals surface area (Å²) in [6.45, 7) is 13.2. The molecular formula is C19H37N. The predicted octanol–water partition coefficient (Wildman–Crippen LogP) is 5.42. The number of nitrogens with one attached hydrogen (secondary N) is 1. The third-order valence-corrected chi connectivity index (χ3v) is 5.26. The van der Waals surface area contributed by atoms with Crippen LogP contribution in [0, 0.1) is 23.7 Å². The van der Waals surface area contributed by atoms with Gasteiger partial charge < -0.3 is 5.32 Å². The van der Waals surface area contributed by atoms with E-state index in [2.05, 4.69) is 38.7 Å². The van der Waals surface area contributed by atoms with Crippen molar-refractivity contribution in [3.05, 3.63) is 12.7 Å². The second-order valence-corrected chi connectivity index (χ2v) is 7.07. The third-order valence-electron chi connectivity index (χ3n) is 5.26. The molecule has 1 N–H and O–H groups in total. The van der Waals surface area contributed by atoms with Crippen LogP contribution in [0.2, 0.25) is 0 Å². The number of unbranched alkanes of at least 4 members (excludes halogenated alkanes) is 3. The van der Waals surface area contributed by atoms with E-state index in [0.29, 0.717) is 0 Å². The Hall–Kier alpha value is -0.300. The zero-order valence-corrected chi connectivity index (χ0v) is 14.2. The zero-order valence-electron chi connectivity index (χ0n) is 14.2. The van der Waals surface area contributed by atoms with E-state index < -0.39 is 0 Å². The molecule has 1 rings (SSSR count). The van der Waals surface area contributed by atoms with Crippen LogP contribution < -0.4 is 5.32 Å². The second kappa shape index (κ2) is 10.4. The Bertz CT molecular complexity index is 246. The molecule has 0 saturated heterocycles. The Labute approximate surface area is 127 Å². The zero-order chi connectivity index (χ0) is 14.8. The van der Waals surface area contributed by atoms with Gasteiger partial charge in [0.25, 0.3) is 0 Å². The van der Waals surface area contributed by atoms with E-state index in [1.807, 2.05) is 0 Å². The van der Waals surface area contributed by atoms with Crippen molar-refractivity contribution in [3.63, 3.8) is 0 Å². The Morgan fingerprint density at radius 3 is 2.60 bits per heavy atom. The van der Waals surface area contributed by atoms with Gasteiger partial charge in [-0.2, -0.15) is 0 Å². The van der Waals surface area contributed by atoms with Crippen molar-refractivity contribution in [1.82, 2.24) is 5.32 Å². The first-order chi connectivity index (χ1) is 9.69. The first-order valence-corrected chi connectivity index (χ1v) is 9.00. The smallest absolute Gasteiger partial charge is 0.00180 e. The Morgan fingerprint density at radius 1 is 1.15 bits per heavy atom. The van der Waals surface area contributed by atoms with Crippen molar-refractivity contribution in [3.8, 4) is 0 Å². The molecule has 118 valence electrons. The van der Waals surface area contributed by atoms with Gasteiger partial charge in [-0.15, -0.1) is 6.58 Å². The highest BCUT2D eigenvalue weighted by Crippen LogP contribution is 2.39. The molecule has 1 heteroatoms. The van der Waals surface area contributed by atoms with Gasteiger partial charge in [0.05, 0.1) is 0 Å². The summed E-state index contributed by atoms with van der Waals surface area (Å²) in [6, 6.07) is 0. The highest BCUT2D eigenvalue weighted by Gasteiger charge is 2.30. The van der Waals surface area contributed by atoms with Crippen LogP contribution in [0.15, 0.2) is 12.7 Å². The lowest BCUT2D eigenvalue weighted by molar-refractivity contribution is 0.136. The van der Waals surface area contributed by atoms with Crippen LogP contribution in [0.5, 0.6) is 0 Å². The lowest BCUT2D eigenvalue weighted by Gasteiger charge is -2.38. The first-order valence-electron chi connectivity index (χ1n) is 9.00. The molecule has 0 aliphatic heterocycles. The van der Waals surface area contributed by atoms with Crippen LogP contribution in [0.4, 0.5) is 0 Å². The van der Waals surface area contributed by atoms with Gasteiger partial charge in [0, 0.05) is 0 Å². The molecule has 1 aliphatic carbocycles. The van der Waals surface area contributed by atoms with Gasteiger partial charge >= 0.3 is 0 Å². The fourth-order valence-electron chi connectivity index (χ4n) is 3.79. The summed E-state index contributed by atoms with van der Waals surface area (Å²) in [5.74, 6) is 3.76. The molecule has 0 radical (unpaired) electrons. The van der Waals surface area contributed by atoms with Gasteiger partial charge in [-0.05, 0) is 68.9 Å². The van der Waals surface area contributed by atoms with E-state index in [1.165, 1.54) is 57.9 Å². The van der Waals surface area contributed by atoms with E-state index in [9.17, 15) is 0 Å². The van der Waals surface area contributed by atoms with Crippen molar-refractivity contribution in [2.24, 2.45) is 23.7 Å². The largest absolute Gasteiger partial charge is 0.317 e. The standard InChI is InChI=1S/C19H37N/c1-5-7-8-9-10-11-18-14-17(16(3)4)12-13-19(18)15-20-6-2/h5,16-20H,1,6-15H2,2-4H3. The predicted molar refractivity (Wildman–Crippen MR) is 91.0 cm³/mol. The Balaban J connectivity index is 2.37. The summed E-state index contributed by atoms with van der Waals surface area (Å²) in [4.78, 5) is 0. The summed E-state index contributed by atoms with van der Waals surface area (Å²) in [5.41, 5.74) is 0. The van der Waals surface area contributed by atoms with E-state index in [-0.39, 0.29) is 0 Å². The highest BCUT2D eigenvalue weighted by molar-refractivity contribution is 4.82. The van der Waals surface area contributed by atoms with Crippen molar-refractivity contribution in [2.75, 3.05) is 13.1 Å². The van der Waals surface area contributed by atoms with Gasteiger partial charge in [-0.25, -0.2) is 0 Å². The van der Waals surface area contributed by atoms with Gasteiger partial charge in [-0.1, -0.05) is 46.1 Å². The van der Waals surface area contributed by atoms with Crippen LogP contribution in [-0.4, -0.2) is 13.1 Å². The summed E-state index contributed by atoms with van der Waals surface area (Å²) in [7, 11) is 0. The van der Waals surface area contributed by atoms with E-state index in [4.69, 9.17) is 0 Å². The van der Waals surface area contributed by atoms with Crippen molar-refractivity contribution < 1.29 is 0 Å². The molecule has 0 amide bonds. The molecule has 3 atom stereocenters. The van der Waals surface area contributed by atoms with Crippen LogP contribution in [-0.2, 0) is 0 Å². The maximum Gasteiger partial charge on any atom is -0.00180 e. The first kappa shape index (κ1) is 17.8. The van der Waals surface area contributed by atoms with Crippen LogP contribution in [0.25, 0.3) is 0 Å². The average Bonchev–Trinajstić information content (AvgIpc) is 2.45. The summed E-state index contributed by atoms with van der Waals surface area (Å²) < 4.78 is 0. The fourth-order valence-corrected chi connectivity index (χ4v) is 3.79. The Kier molecular flexibility index (Phi) is 9.26. The van der Waals surface area contributed by atoms with Gasteiger partial charge in [0.15, 0.2) is 0 Å². The molecule has 1 fully saturated rings. The number of hydrogen-bond acceptors (Lipinski definition) is 1. The summed E-state index contributed by atoms with van der Waals surface area (Å²) in [5, 5.41) is 3.59. The quantitative estimate of drug-likeness (QED) is 0.416. The SMILES string of the molecule is C=CCCCCCC1CC(C(C)C)CCC1CNCC. The molecule has 0 heterocycles. The molecule has 1 aliphatic rings. The summed E-state index contributed by atoms with van der Waals surface area (Å²) >= 11 is 0. The normalized spacial score (nSPS) is 26.9. The van der Waals surface area contributed by atoms with Gasteiger partial charge in [-0.3, -0.25) is 0 Å². The summed E-state index contributed by atoms with van der Waals surface area (Å²) in [6.07, 6.45) is 13.2. The lowest BCUT2D eigenvalue weighted by Crippen LogP contribution is -2.34. The molecule has 0 spiro atoms. The second-order valence-electron chi connectivity index (χ2n) is 7.07. The molecule has 0 aromatic rings. The topological polar surface area (TPSA) is 12.0 Å². The lowest BCUT2D eigenvalue weighted by atomic mass is 9.69. The molecule has 0 bridgehead atoms. The monoisotopic (exact) mass is 279 g/mol. The maximum atomic E-state index is 3.82. The van der Waals surface area contributed by atoms with Crippen LogP contribution in [0.3, 0.4) is 0 Å². The van der Waals surface area contributed by atoms with E-state index in [0.717, 1.165) is 30.2 Å². The van der Waals surface area contributed by atoms with E-state index >= 15 is 0 Å². The minimum Gasteiger partial charge on any atom is -0.317 e. The number of hydrogen-bond donors (Lipinski definition) is 1. The van der Waals surface area contributed by atoms with Gasteiger partial charge in [0.1, 0.15) is 0 Å². The molecule has 3 unspecified atom stereocenters. The molecule has 1 nitrogen and oxygen atoms in total. The van der Waals surface area contributed by atoms with Gasteiger partial charge in [0.2, 0.25) is 0 Å². The molecule has 0 aromatic carbocycles. The fraction of sp³-hybridized carbons (Fsp3) is 0.895. The average molecular weight is 280 g/mol. The van der Waals surface area contributed by atoms with Crippen LogP contribution in [0.1, 0.15) is 72.1 Å². The van der Waals surface area contributed by atoms with Crippen molar-refractivity contribution in [2.45, 2.75) is 72.1 Å². The molecule has 20 heavy (non-hydrogen) atoms. The highest BCUT2D eigenvalue weighted by atomic mass is 14.8. The molecule has 0 aromatic heterocycles. The molecule has 1 saturated carbocycles. The maximum absolute atomic E-state index is 3.82. The minimum absolute atomic E-state index is 0.873. The number of rotatable bonds is 10. The van der Waals surface area contributed by atoms with Crippen LogP contribution >= 0.6 is 0 Å². The van der Waals surface area contributed by atoms with Crippen molar-refractivity contribution in [1.29, 1.82) is 0 Å². The Morgan fingerprint density at radius 2 is 1.95 bits per heavy atom. The molecular weight excluding hydrogens is 242 g/mol. The third kappa shape index (κ3) is 6.43. The van der Waals surface area contributed by atoms with E-state index in [1.54, 1.807) is 0 Å². The van der Waals surface area contributed by atoms with Crippen molar-refractivity contribution >= 4 is 0 Å². The number of allylic oxidation sites excluding steroid dienone is 1.